The molecule has 1 atom stereocenters. The van der Waals surface area contributed by atoms with E-state index >= 15 is 0 Å². The first-order valence-corrected chi connectivity index (χ1v) is 14.2. The lowest BCUT2D eigenvalue weighted by molar-refractivity contribution is -0.136. The van der Waals surface area contributed by atoms with Crippen LogP contribution in [-0.2, 0) is 16.1 Å². The van der Waals surface area contributed by atoms with E-state index in [9.17, 15) is 9.59 Å². The monoisotopic (exact) mass is 568 g/mol. The van der Waals surface area contributed by atoms with Crippen LogP contribution in [0.4, 0.5) is 0 Å². The predicted molar refractivity (Wildman–Crippen MR) is 160 cm³/mol. The van der Waals surface area contributed by atoms with Crippen molar-refractivity contribution in [2.24, 2.45) is 4.99 Å². The molecule has 1 aliphatic rings. The van der Waals surface area contributed by atoms with Crippen LogP contribution in [0, 0.1) is 0 Å². The highest BCUT2D eigenvalue weighted by molar-refractivity contribution is 7.07. The molecule has 3 aromatic carbocycles. The Bertz CT molecular complexity index is 1780. The summed E-state index contributed by atoms with van der Waals surface area (Å²) in [7, 11) is 2.93. The Labute approximate surface area is 242 Å². The van der Waals surface area contributed by atoms with Crippen molar-refractivity contribution in [3.63, 3.8) is 0 Å². The van der Waals surface area contributed by atoms with E-state index in [4.69, 9.17) is 14.2 Å². The van der Waals surface area contributed by atoms with Crippen LogP contribution < -0.4 is 24.4 Å². The van der Waals surface area contributed by atoms with E-state index in [0.717, 1.165) is 11.1 Å². The number of carbonyl (C=O) groups is 1. The van der Waals surface area contributed by atoms with Gasteiger partial charge >= 0.3 is 5.97 Å². The van der Waals surface area contributed by atoms with Gasteiger partial charge in [0.25, 0.3) is 5.56 Å². The predicted octanol–water partition coefficient (Wildman–Crippen LogP) is 5.12. The summed E-state index contributed by atoms with van der Waals surface area (Å²) in [6.07, 6.45) is 1.79. The van der Waals surface area contributed by atoms with Crippen molar-refractivity contribution in [1.82, 2.24) is 4.57 Å². The molecule has 2 heterocycles. The Morgan fingerprint density at radius 2 is 1.76 bits per heavy atom. The topological polar surface area (TPSA) is 79.1 Å². The smallest absolute Gasteiger partial charge is 0.338 e. The summed E-state index contributed by atoms with van der Waals surface area (Å²) in [5.41, 5.74) is 4.31. The molecule has 1 aliphatic heterocycles. The average Bonchev–Trinajstić information content (AvgIpc) is 3.29. The SMILES string of the molecule is COC(=O)C1=C(C)N=c2s/c(=C\c3cccc(OC)c3OCc3ccccc3)c(=O)n2[C@@H]1c1ccc(C(C)C)cc1. The van der Waals surface area contributed by atoms with Gasteiger partial charge in [0, 0.05) is 5.56 Å². The van der Waals surface area contributed by atoms with Gasteiger partial charge in [0.2, 0.25) is 0 Å². The van der Waals surface area contributed by atoms with Crippen LogP contribution >= 0.6 is 11.3 Å². The summed E-state index contributed by atoms with van der Waals surface area (Å²) < 4.78 is 19.0. The fraction of sp³-hybridized carbons (Fsp3) is 0.242. The molecule has 210 valence electrons. The number of fused-ring (bicyclic) bond motifs is 1. The summed E-state index contributed by atoms with van der Waals surface area (Å²) in [5.74, 6) is 0.943. The molecule has 0 bridgehead atoms. The Balaban J connectivity index is 1.64. The summed E-state index contributed by atoms with van der Waals surface area (Å²) in [6.45, 7) is 6.37. The van der Waals surface area contributed by atoms with Gasteiger partial charge in [0.15, 0.2) is 16.3 Å². The van der Waals surface area contributed by atoms with Gasteiger partial charge in [-0.1, -0.05) is 91.9 Å². The average molecular weight is 569 g/mol. The molecule has 4 aromatic rings. The van der Waals surface area contributed by atoms with Crippen molar-refractivity contribution >= 4 is 23.4 Å². The highest BCUT2D eigenvalue weighted by Crippen LogP contribution is 2.33. The lowest BCUT2D eigenvalue weighted by atomic mass is 9.93. The lowest BCUT2D eigenvalue weighted by Gasteiger charge is -2.24. The highest BCUT2D eigenvalue weighted by Gasteiger charge is 2.33. The van der Waals surface area contributed by atoms with Gasteiger partial charge < -0.3 is 14.2 Å². The number of thiazole rings is 1. The normalized spacial score (nSPS) is 15.0. The molecule has 0 spiro atoms. The van der Waals surface area contributed by atoms with Crippen LogP contribution in [0.25, 0.3) is 6.08 Å². The first kappa shape index (κ1) is 28.1. The molecule has 0 amide bonds. The van der Waals surface area contributed by atoms with Crippen molar-refractivity contribution in [3.05, 3.63) is 126 Å². The van der Waals surface area contributed by atoms with E-state index in [1.54, 1.807) is 24.7 Å². The standard InChI is InChI=1S/C33H32N2O5S/c1-20(2)23-14-16-24(17-15-23)29-28(32(37)39-5)21(3)34-33-35(29)31(36)27(41-33)18-25-12-9-13-26(38-4)30(25)40-19-22-10-7-6-8-11-22/h6-18,20,29H,19H2,1-5H3/b27-18-/t29-/m1/s1. The van der Waals surface area contributed by atoms with Crippen molar-refractivity contribution in [2.75, 3.05) is 14.2 Å². The molecular weight excluding hydrogens is 536 g/mol. The van der Waals surface area contributed by atoms with Crippen molar-refractivity contribution < 1.29 is 19.0 Å². The number of nitrogens with zero attached hydrogens (tertiary/aromatic N) is 2. The van der Waals surface area contributed by atoms with Crippen LogP contribution in [0.1, 0.15) is 55.0 Å². The molecule has 7 nitrogen and oxygen atoms in total. The molecule has 41 heavy (non-hydrogen) atoms. The molecular formula is C33H32N2O5S. The number of benzene rings is 3. The van der Waals surface area contributed by atoms with E-state index in [2.05, 4.69) is 18.8 Å². The molecule has 0 unspecified atom stereocenters. The van der Waals surface area contributed by atoms with Gasteiger partial charge in [-0.2, -0.15) is 0 Å². The maximum atomic E-state index is 14.0. The third-order valence-corrected chi connectivity index (χ3v) is 8.07. The number of hydrogen-bond donors (Lipinski definition) is 0. The number of aromatic nitrogens is 1. The number of hydrogen-bond acceptors (Lipinski definition) is 7. The van der Waals surface area contributed by atoms with Gasteiger partial charge in [-0.3, -0.25) is 9.36 Å². The summed E-state index contributed by atoms with van der Waals surface area (Å²) in [6, 6.07) is 22.8. The number of para-hydroxylation sites is 1. The third-order valence-electron chi connectivity index (χ3n) is 7.09. The van der Waals surface area contributed by atoms with Crippen LogP contribution in [0.2, 0.25) is 0 Å². The van der Waals surface area contributed by atoms with Crippen molar-refractivity contribution in [3.8, 4) is 11.5 Å². The van der Waals surface area contributed by atoms with Crippen molar-refractivity contribution in [2.45, 2.75) is 39.3 Å². The maximum Gasteiger partial charge on any atom is 0.338 e. The number of methoxy groups -OCH3 is 2. The Hall–Kier alpha value is -4.43. The van der Waals surface area contributed by atoms with E-state index in [0.29, 0.717) is 50.2 Å². The van der Waals surface area contributed by atoms with Gasteiger partial charge in [-0.05, 0) is 41.7 Å². The second-order valence-corrected chi connectivity index (χ2v) is 11.1. The molecule has 0 N–H and O–H groups in total. The van der Waals surface area contributed by atoms with E-state index in [1.165, 1.54) is 24.0 Å². The first-order valence-electron chi connectivity index (χ1n) is 13.4. The Kier molecular flexibility index (Phi) is 8.21. The minimum atomic E-state index is -0.666. The van der Waals surface area contributed by atoms with Gasteiger partial charge in [0.05, 0.1) is 36.1 Å². The zero-order chi connectivity index (χ0) is 29.1. The molecule has 0 saturated carbocycles. The fourth-order valence-corrected chi connectivity index (χ4v) is 5.94. The lowest BCUT2D eigenvalue weighted by Crippen LogP contribution is -2.39. The molecule has 1 aromatic heterocycles. The fourth-order valence-electron chi connectivity index (χ4n) is 4.90. The molecule has 0 fully saturated rings. The molecule has 0 aliphatic carbocycles. The summed E-state index contributed by atoms with van der Waals surface area (Å²) in [4.78, 5) is 32.2. The first-order chi connectivity index (χ1) is 19.8. The van der Waals surface area contributed by atoms with Crippen LogP contribution in [0.5, 0.6) is 11.5 Å². The van der Waals surface area contributed by atoms with E-state index in [1.807, 2.05) is 72.8 Å². The van der Waals surface area contributed by atoms with Gasteiger partial charge in [0.1, 0.15) is 6.61 Å². The zero-order valence-electron chi connectivity index (χ0n) is 23.7. The summed E-state index contributed by atoms with van der Waals surface area (Å²) in [5, 5.41) is 0. The van der Waals surface area contributed by atoms with Crippen LogP contribution in [0.3, 0.4) is 0 Å². The second kappa shape index (κ2) is 12.0. The Morgan fingerprint density at radius 1 is 1.02 bits per heavy atom. The van der Waals surface area contributed by atoms with E-state index in [-0.39, 0.29) is 5.56 Å². The number of allylic oxidation sites excluding steroid dienone is 1. The molecule has 5 rings (SSSR count). The number of esters is 1. The maximum absolute atomic E-state index is 14.0. The third kappa shape index (κ3) is 5.60. The van der Waals surface area contributed by atoms with Crippen molar-refractivity contribution in [1.29, 1.82) is 0 Å². The second-order valence-electron chi connectivity index (χ2n) is 10.0. The van der Waals surface area contributed by atoms with Crippen LogP contribution in [-0.4, -0.2) is 24.8 Å². The zero-order valence-corrected chi connectivity index (χ0v) is 24.5. The van der Waals surface area contributed by atoms with Crippen LogP contribution in [0.15, 0.2) is 93.9 Å². The molecule has 8 heteroatoms. The number of rotatable bonds is 8. The van der Waals surface area contributed by atoms with Gasteiger partial charge in [-0.25, -0.2) is 9.79 Å². The molecule has 0 saturated heterocycles. The Morgan fingerprint density at radius 3 is 2.41 bits per heavy atom. The number of carbonyl (C=O) groups excluding carboxylic acids is 1. The summed E-state index contributed by atoms with van der Waals surface area (Å²) >= 11 is 1.27. The van der Waals surface area contributed by atoms with E-state index < -0.39 is 12.0 Å². The van der Waals surface area contributed by atoms with Gasteiger partial charge in [-0.15, -0.1) is 0 Å². The largest absolute Gasteiger partial charge is 0.493 e. The molecule has 0 radical (unpaired) electrons. The minimum absolute atomic E-state index is 0.252. The highest BCUT2D eigenvalue weighted by atomic mass is 32.1. The quantitative estimate of drug-likeness (QED) is 0.276. The minimum Gasteiger partial charge on any atom is -0.493 e. The number of ether oxygens (including phenoxy) is 3.